The molecule has 1 aliphatic heterocycles. The van der Waals surface area contributed by atoms with E-state index in [1.165, 1.54) is 32.5 Å². The fourth-order valence-corrected chi connectivity index (χ4v) is 3.97. The van der Waals surface area contributed by atoms with Gasteiger partial charge in [0.25, 0.3) is 0 Å². The maximum absolute atomic E-state index is 13.5. The molecule has 10 heteroatoms. The molecule has 0 radical (unpaired) electrons. The topological polar surface area (TPSA) is 96.8 Å². The number of halogens is 2. The highest BCUT2D eigenvalue weighted by Gasteiger charge is 2.33. The normalized spacial score (nSPS) is 18.1. The summed E-state index contributed by atoms with van der Waals surface area (Å²) in [5.74, 6) is 0.777. The van der Waals surface area contributed by atoms with Gasteiger partial charge in [-0.25, -0.2) is 14.4 Å². The second kappa shape index (κ2) is 9.13. The molecule has 1 aromatic heterocycles. The predicted molar refractivity (Wildman–Crippen MR) is 118 cm³/mol. The Morgan fingerprint density at radius 3 is 2.88 bits per heavy atom. The molecule has 1 aliphatic rings. The molecule has 1 saturated heterocycles. The number of aliphatic hydroxyl groups is 1. The highest BCUT2D eigenvalue weighted by Crippen LogP contribution is 2.36. The van der Waals surface area contributed by atoms with E-state index in [2.05, 4.69) is 15.3 Å². The second-order valence-corrected chi connectivity index (χ2v) is 7.93. The van der Waals surface area contributed by atoms with Gasteiger partial charge < -0.3 is 24.8 Å². The SMILES string of the molecule is COc1cc(OCC2CC(O)CN2C(C)=O)c2c(Nc3ccc(F)c(Cl)c3)ncnc2c1. The van der Waals surface area contributed by atoms with Crippen molar-refractivity contribution in [2.24, 2.45) is 0 Å². The van der Waals surface area contributed by atoms with Crippen molar-refractivity contribution in [2.75, 3.05) is 25.6 Å². The van der Waals surface area contributed by atoms with E-state index in [-0.39, 0.29) is 30.1 Å². The van der Waals surface area contributed by atoms with Gasteiger partial charge in [-0.1, -0.05) is 11.6 Å². The maximum Gasteiger partial charge on any atom is 0.219 e. The smallest absolute Gasteiger partial charge is 0.219 e. The molecule has 8 nitrogen and oxygen atoms in total. The average molecular weight is 461 g/mol. The Bertz CT molecular complexity index is 1160. The molecule has 168 valence electrons. The minimum atomic E-state index is -0.585. The molecule has 0 aliphatic carbocycles. The third-order valence-electron chi connectivity index (χ3n) is 5.32. The number of carbonyl (C=O) groups is 1. The van der Waals surface area contributed by atoms with E-state index in [4.69, 9.17) is 21.1 Å². The highest BCUT2D eigenvalue weighted by molar-refractivity contribution is 6.31. The number of aliphatic hydroxyl groups excluding tert-OH is 1. The van der Waals surface area contributed by atoms with E-state index < -0.39 is 11.9 Å². The lowest BCUT2D eigenvalue weighted by atomic mass is 10.1. The molecule has 0 saturated carbocycles. The maximum atomic E-state index is 13.5. The Hall–Kier alpha value is -3.17. The number of benzene rings is 2. The van der Waals surface area contributed by atoms with Crippen LogP contribution in [0, 0.1) is 5.82 Å². The summed E-state index contributed by atoms with van der Waals surface area (Å²) in [6.07, 6.45) is 1.24. The summed E-state index contributed by atoms with van der Waals surface area (Å²) in [5.41, 5.74) is 1.11. The molecular formula is C22H22ClFN4O4. The molecule has 1 amide bonds. The molecule has 1 fully saturated rings. The number of nitrogens with one attached hydrogen (secondary N) is 1. The number of hydrogen-bond donors (Lipinski definition) is 2. The van der Waals surface area contributed by atoms with Gasteiger partial charge in [0.15, 0.2) is 0 Å². The summed E-state index contributed by atoms with van der Waals surface area (Å²) in [7, 11) is 1.54. The first-order chi connectivity index (χ1) is 15.4. The van der Waals surface area contributed by atoms with E-state index in [1.54, 1.807) is 23.1 Å². The summed E-state index contributed by atoms with van der Waals surface area (Å²) < 4.78 is 25.0. The third kappa shape index (κ3) is 4.53. The number of aromatic nitrogens is 2. The van der Waals surface area contributed by atoms with Crippen molar-refractivity contribution < 1.29 is 23.8 Å². The van der Waals surface area contributed by atoms with Crippen molar-refractivity contribution in [1.29, 1.82) is 0 Å². The van der Waals surface area contributed by atoms with Gasteiger partial charge in [0.2, 0.25) is 5.91 Å². The van der Waals surface area contributed by atoms with Crippen LogP contribution in [0.5, 0.6) is 11.5 Å². The van der Waals surface area contributed by atoms with Crippen LogP contribution in [-0.4, -0.2) is 58.3 Å². The lowest BCUT2D eigenvalue weighted by Crippen LogP contribution is -2.37. The number of likely N-dealkylation sites (tertiary alicyclic amines) is 1. The summed E-state index contributed by atoms with van der Waals surface area (Å²) in [6, 6.07) is 7.45. The van der Waals surface area contributed by atoms with Crippen molar-refractivity contribution in [3.8, 4) is 11.5 Å². The van der Waals surface area contributed by atoms with Gasteiger partial charge in [-0.2, -0.15) is 0 Å². The molecule has 2 unspecified atom stereocenters. The number of methoxy groups -OCH3 is 1. The molecule has 4 rings (SSSR count). The highest BCUT2D eigenvalue weighted by atomic mass is 35.5. The summed E-state index contributed by atoms with van der Waals surface area (Å²) >= 11 is 5.90. The van der Waals surface area contributed by atoms with Crippen molar-refractivity contribution in [2.45, 2.75) is 25.5 Å². The largest absolute Gasteiger partial charge is 0.497 e. The van der Waals surface area contributed by atoms with Gasteiger partial charge >= 0.3 is 0 Å². The van der Waals surface area contributed by atoms with Gasteiger partial charge in [0, 0.05) is 31.3 Å². The monoisotopic (exact) mass is 460 g/mol. The minimum Gasteiger partial charge on any atom is -0.497 e. The molecule has 3 aromatic rings. The molecule has 32 heavy (non-hydrogen) atoms. The summed E-state index contributed by atoms with van der Waals surface area (Å²) in [4.78, 5) is 22.1. The van der Waals surface area contributed by atoms with E-state index in [0.717, 1.165) is 0 Å². The molecule has 2 atom stereocenters. The van der Waals surface area contributed by atoms with Crippen molar-refractivity contribution in [1.82, 2.24) is 14.9 Å². The van der Waals surface area contributed by atoms with Gasteiger partial charge in [-0.3, -0.25) is 4.79 Å². The van der Waals surface area contributed by atoms with Crippen LogP contribution in [-0.2, 0) is 4.79 Å². The number of hydrogen-bond acceptors (Lipinski definition) is 7. The first kappa shape index (κ1) is 22.0. The standard InChI is InChI=1S/C22H22ClFN4O4/c1-12(29)28-9-15(30)6-14(28)10-32-20-8-16(31-2)7-19-21(20)22(26-11-25-19)27-13-3-4-18(24)17(23)5-13/h3-5,7-8,11,14-15,30H,6,9-10H2,1-2H3,(H,25,26,27). The average Bonchev–Trinajstić information content (AvgIpc) is 3.15. The Morgan fingerprint density at radius 2 is 2.16 bits per heavy atom. The van der Waals surface area contributed by atoms with Crippen molar-refractivity contribution in [3.05, 3.63) is 47.5 Å². The van der Waals surface area contributed by atoms with E-state index >= 15 is 0 Å². The zero-order valence-electron chi connectivity index (χ0n) is 17.5. The minimum absolute atomic E-state index is 0.0179. The van der Waals surface area contributed by atoms with E-state index in [9.17, 15) is 14.3 Å². The first-order valence-corrected chi connectivity index (χ1v) is 10.4. The van der Waals surface area contributed by atoms with Crippen LogP contribution in [0.25, 0.3) is 10.9 Å². The van der Waals surface area contributed by atoms with Crippen molar-refractivity contribution >= 4 is 39.9 Å². The lowest BCUT2D eigenvalue weighted by molar-refractivity contribution is -0.130. The van der Waals surface area contributed by atoms with Crippen molar-refractivity contribution in [3.63, 3.8) is 0 Å². The second-order valence-electron chi connectivity index (χ2n) is 7.52. The van der Waals surface area contributed by atoms with Gasteiger partial charge in [-0.15, -0.1) is 0 Å². The molecule has 2 heterocycles. The Morgan fingerprint density at radius 1 is 1.34 bits per heavy atom. The van der Waals surface area contributed by atoms with Crippen LogP contribution in [0.4, 0.5) is 15.9 Å². The fourth-order valence-electron chi connectivity index (χ4n) is 3.79. The Labute approximate surface area is 188 Å². The Kier molecular flexibility index (Phi) is 6.29. The Balaban J connectivity index is 1.69. The van der Waals surface area contributed by atoms with Crippen LogP contribution in [0.15, 0.2) is 36.7 Å². The number of nitrogens with zero attached hydrogens (tertiary/aromatic N) is 3. The molecule has 0 spiro atoms. The van der Waals surface area contributed by atoms with Crippen LogP contribution >= 0.6 is 11.6 Å². The molecular weight excluding hydrogens is 439 g/mol. The third-order valence-corrected chi connectivity index (χ3v) is 5.61. The summed E-state index contributed by atoms with van der Waals surface area (Å²) in [6.45, 7) is 1.93. The van der Waals surface area contributed by atoms with Gasteiger partial charge in [0.05, 0.1) is 35.2 Å². The molecule has 2 N–H and O–H groups in total. The van der Waals surface area contributed by atoms with E-state index in [1.807, 2.05) is 0 Å². The van der Waals surface area contributed by atoms with Crippen LogP contribution in [0.1, 0.15) is 13.3 Å². The zero-order chi connectivity index (χ0) is 22.8. The predicted octanol–water partition coefficient (Wildman–Crippen LogP) is 3.54. The number of β-amino-alcohol motifs (C(OH)–C–C–N with tert-alkyl or cyclic N) is 1. The van der Waals surface area contributed by atoms with Crippen LogP contribution in [0.2, 0.25) is 5.02 Å². The lowest BCUT2D eigenvalue weighted by Gasteiger charge is -2.23. The van der Waals surface area contributed by atoms with Gasteiger partial charge in [0.1, 0.15) is 36.1 Å². The number of rotatable bonds is 6. The van der Waals surface area contributed by atoms with Gasteiger partial charge in [-0.05, 0) is 24.6 Å². The first-order valence-electron chi connectivity index (χ1n) is 9.98. The number of amides is 1. The fraction of sp³-hybridized carbons (Fsp3) is 0.318. The number of fused-ring (bicyclic) bond motifs is 1. The molecule has 2 aromatic carbocycles. The summed E-state index contributed by atoms with van der Waals surface area (Å²) in [5, 5.41) is 13.7. The van der Waals surface area contributed by atoms with Crippen LogP contribution in [0.3, 0.4) is 0 Å². The zero-order valence-corrected chi connectivity index (χ0v) is 18.3. The number of anilines is 2. The van der Waals surface area contributed by atoms with E-state index in [0.29, 0.717) is 40.3 Å². The quantitative estimate of drug-likeness (QED) is 0.580. The number of carbonyl (C=O) groups excluding carboxylic acids is 1. The number of ether oxygens (including phenoxy) is 2. The van der Waals surface area contributed by atoms with Crippen LogP contribution < -0.4 is 14.8 Å². The molecule has 0 bridgehead atoms.